The summed E-state index contributed by atoms with van der Waals surface area (Å²) in [5, 5.41) is 15.8. The van der Waals surface area contributed by atoms with Gasteiger partial charge in [-0.3, -0.25) is 9.69 Å². The molecule has 0 amide bonds. The van der Waals surface area contributed by atoms with Crippen LogP contribution >= 0.6 is 0 Å². The van der Waals surface area contributed by atoms with Gasteiger partial charge in [-0.25, -0.2) is 0 Å². The van der Waals surface area contributed by atoms with Gasteiger partial charge in [0.2, 0.25) is 0 Å². The van der Waals surface area contributed by atoms with E-state index in [-0.39, 0.29) is 23.8 Å². The van der Waals surface area contributed by atoms with Gasteiger partial charge in [0.05, 0.1) is 0 Å². The third-order valence-electron chi connectivity index (χ3n) is 6.08. The molecule has 1 fully saturated rings. The summed E-state index contributed by atoms with van der Waals surface area (Å²) in [6.45, 7) is 1.86. The SMILES string of the molecule is C#Cc1ccc(C2CC(CC(=O)O)CN(Cc3ccc(C4(C(F)(F)F)N=N4)cc3)C2)cc1. The van der Waals surface area contributed by atoms with Crippen LogP contribution in [0, 0.1) is 18.3 Å². The highest BCUT2D eigenvalue weighted by molar-refractivity contribution is 5.67. The molecule has 0 spiro atoms. The molecule has 8 heteroatoms. The van der Waals surface area contributed by atoms with Crippen LogP contribution in [0.3, 0.4) is 0 Å². The zero-order valence-electron chi connectivity index (χ0n) is 17.2. The molecule has 0 bridgehead atoms. The zero-order chi connectivity index (χ0) is 22.9. The Hall–Kier alpha value is -3.18. The first-order valence-corrected chi connectivity index (χ1v) is 10.3. The summed E-state index contributed by atoms with van der Waals surface area (Å²) in [7, 11) is 0. The molecule has 2 aromatic carbocycles. The van der Waals surface area contributed by atoms with Gasteiger partial charge in [0.15, 0.2) is 0 Å². The van der Waals surface area contributed by atoms with Crippen molar-refractivity contribution in [1.29, 1.82) is 0 Å². The summed E-state index contributed by atoms with van der Waals surface area (Å²) < 4.78 is 39.6. The fourth-order valence-electron chi connectivity index (χ4n) is 4.46. The third-order valence-corrected chi connectivity index (χ3v) is 6.08. The number of hydrogen-bond acceptors (Lipinski definition) is 4. The second-order valence-electron chi connectivity index (χ2n) is 8.42. The van der Waals surface area contributed by atoms with Crippen molar-refractivity contribution in [2.75, 3.05) is 13.1 Å². The molecular formula is C24H22F3N3O2. The number of halogens is 3. The van der Waals surface area contributed by atoms with Crippen LogP contribution in [-0.2, 0) is 17.0 Å². The Labute approximate surface area is 184 Å². The minimum atomic E-state index is -4.55. The van der Waals surface area contributed by atoms with Gasteiger partial charge in [-0.15, -0.1) is 16.7 Å². The van der Waals surface area contributed by atoms with Crippen LogP contribution in [-0.4, -0.2) is 35.2 Å². The van der Waals surface area contributed by atoms with E-state index in [2.05, 4.69) is 21.0 Å². The fraction of sp³-hybridized carbons (Fsp3) is 0.375. The van der Waals surface area contributed by atoms with E-state index in [1.807, 2.05) is 24.3 Å². The van der Waals surface area contributed by atoms with Gasteiger partial charge in [0.25, 0.3) is 0 Å². The van der Waals surface area contributed by atoms with Crippen LogP contribution in [0.2, 0.25) is 0 Å². The number of carboxylic acid groups (broad SMARTS) is 1. The molecule has 1 saturated heterocycles. The molecule has 4 rings (SSSR count). The minimum Gasteiger partial charge on any atom is -0.481 e. The Kier molecular flexibility index (Phi) is 5.78. The van der Waals surface area contributed by atoms with Crippen molar-refractivity contribution >= 4 is 5.97 Å². The number of aliphatic carboxylic acids is 1. The molecule has 2 aromatic rings. The molecule has 166 valence electrons. The van der Waals surface area contributed by atoms with Crippen molar-refractivity contribution in [1.82, 2.24) is 4.90 Å². The number of nitrogens with zero attached hydrogens (tertiary/aromatic N) is 3. The Morgan fingerprint density at radius 2 is 1.78 bits per heavy atom. The first-order chi connectivity index (χ1) is 15.2. The molecule has 1 N–H and O–H groups in total. The summed E-state index contributed by atoms with van der Waals surface area (Å²) in [6.07, 6.45) is 1.72. The normalized spacial score (nSPS) is 22.3. The summed E-state index contributed by atoms with van der Waals surface area (Å²) in [5.74, 6) is 1.89. The molecule has 0 aromatic heterocycles. The van der Waals surface area contributed by atoms with Crippen LogP contribution < -0.4 is 0 Å². The average molecular weight is 441 g/mol. The van der Waals surface area contributed by atoms with E-state index < -0.39 is 17.8 Å². The predicted octanol–water partition coefficient (Wildman–Crippen LogP) is 4.93. The van der Waals surface area contributed by atoms with Crippen molar-refractivity contribution in [2.24, 2.45) is 16.1 Å². The number of alkyl halides is 3. The fourth-order valence-corrected chi connectivity index (χ4v) is 4.46. The van der Waals surface area contributed by atoms with Crippen molar-refractivity contribution < 1.29 is 23.1 Å². The van der Waals surface area contributed by atoms with Gasteiger partial charge >= 0.3 is 17.8 Å². The highest BCUT2D eigenvalue weighted by atomic mass is 19.4. The second-order valence-corrected chi connectivity index (χ2v) is 8.42. The molecule has 2 heterocycles. The number of terminal acetylenes is 1. The smallest absolute Gasteiger partial charge is 0.442 e. The first kappa shape index (κ1) is 22.0. The Balaban J connectivity index is 1.49. The van der Waals surface area contributed by atoms with Gasteiger partial charge in [-0.2, -0.15) is 13.2 Å². The summed E-state index contributed by atoms with van der Waals surface area (Å²) in [5.41, 5.74) is 0.323. The maximum atomic E-state index is 13.2. The van der Waals surface area contributed by atoms with Crippen LogP contribution in [0.25, 0.3) is 0 Å². The summed E-state index contributed by atoms with van der Waals surface area (Å²) in [4.78, 5) is 13.5. The lowest BCUT2D eigenvalue weighted by atomic mass is 9.82. The van der Waals surface area contributed by atoms with Crippen LogP contribution in [0.1, 0.15) is 41.0 Å². The molecule has 32 heavy (non-hydrogen) atoms. The first-order valence-electron chi connectivity index (χ1n) is 10.3. The number of carboxylic acids is 1. The van der Waals surface area contributed by atoms with E-state index in [4.69, 9.17) is 6.42 Å². The lowest BCUT2D eigenvalue weighted by Gasteiger charge is -2.37. The number of rotatable bonds is 6. The number of piperidine rings is 1. The van der Waals surface area contributed by atoms with Gasteiger partial charge in [0, 0.05) is 37.2 Å². The molecule has 5 nitrogen and oxygen atoms in total. The molecule has 2 aliphatic rings. The average Bonchev–Trinajstić information content (AvgIpc) is 3.56. The number of benzene rings is 2. The molecule has 0 saturated carbocycles. The summed E-state index contributed by atoms with van der Waals surface area (Å²) in [6, 6.07) is 13.9. The topological polar surface area (TPSA) is 65.3 Å². The van der Waals surface area contributed by atoms with E-state index in [9.17, 15) is 23.1 Å². The molecule has 0 radical (unpaired) electrons. The Bertz CT molecular complexity index is 1050. The third kappa shape index (κ3) is 4.53. The van der Waals surface area contributed by atoms with Crippen LogP contribution in [0.15, 0.2) is 58.8 Å². The summed E-state index contributed by atoms with van der Waals surface area (Å²) >= 11 is 0. The standard InChI is InChI=1S/C24H22F3N3O2/c1-2-16-3-7-19(8-4-16)20-11-18(12-22(31)32)14-30(15-20)13-17-5-9-21(10-6-17)23(28-29-23)24(25,26)27/h1,3-10,18,20H,11-15H2,(H,31,32). The molecule has 2 atom stereocenters. The second kappa shape index (κ2) is 8.40. The predicted molar refractivity (Wildman–Crippen MR) is 112 cm³/mol. The van der Waals surface area contributed by atoms with Gasteiger partial charge in [-0.05, 0) is 41.5 Å². The number of hydrogen-bond donors (Lipinski definition) is 1. The lowest BCUT2D eigenvalue weighted by Crippen LogP contribution is -2.39. The minimum absolute atomic E-state index is 0.00243. The van der Waals surface area contributed by atoms with Crippen LogP contribution in [0.4, 0.5) is 13.2 Å². The maximum Gasteiger partial charge on any atom is 0.442 e. The van der Waals surface area contributed by atoms with E-state index in [1.165, 1.54) is 12.1 Å². The number of carbonyl (C=O) groups is 1. The van der Waals surface area contributed by atoms with E-state index in [0.717, 1.165) is 29.7 Å². The van der Waals surface area contributed by atoms with E-state index in [0.29, 0.717) is 13.1 Å². The lowest BCUT2D eigenvalue weighted by molar-refractivity contribution is -0.166. The highest BCUT2D eigenvalue weighted by Gasteiger charge is 2.65. The zero-order valence-corrected chi connectivity index (χ0v) is 17.2. The van der Waals surface area contributed by atoms with Crippen molar-refractivity contribution in [3.63, 3.8) is 0 Å². The molecule has 2 unspecified atom stereocenters. The monoisotopic (exact) mass is 441 g/mol. The van der Waals surface area contributed by atoms with Crippen molar-refractivity contribution in [3.8, 4) is 12.3 Å². The van der Waals surface area contributed by atoms with E-state index in [1.54, 1.807) is 12.1 Å². The largest absolute Gasteiger partial charge is 0.481 e. The van der Waals surface area contributed by atoms with Gasteiger partial charge in [0.1, 0.15) is 0 Å². The molecular weight excluding hydrogens is 419 g/mol. The maximum absolute atomic E-state index is 13.2. The quantitative estimate of drug-likeness (QED) is 0.647. The highest BCUT2D eigenvalue weighted by Crippen LogP contribution is 2.52. The van der Waals surface area contributed by atoms with E-state index >= 15 is 0 Å². The van der Waals surface area contributed by atoms with Crippen molar-refractivity contribution in [3.05, 3.63) is 70.8 Å². The number of likely N-dealkylation sites (tertiary alicyclic amines) is 1. The van der Waals surface area contributed by atoms with Crippen molar-refractivity contribution in [2.45, 2.75) is 37.1 Å². The molecule has 2 aliphatic heterocycles. The Morgan fingerprint density at radius 1 is 1.12 bits per heavy atom. The van der Waals surface area contributed by atoms with Gasteiger partial charge < -0.3 is 5.11 Å². The Morgan fingerprint density at radius 3 is 2.31 bits per heavy atom. The molecule has 0 aliphatic carbocycles. The van der Waals surface area contributed by atoms with Gasteiger partial charge in [-0.1, -0.05) is 42.3 Å². The van der Waals surface area contributed by atoms with Crippen LogP contribution in [0.5, 0.6) is 0 Å².